The summed E-state index contributed by atoms with van der Waals surface area (Å²) in [6, 6.07) is 10.1. The zero-order valence-corrected chi connectivity index (χ0v) is 14.1. The van der Waals surface area contributed by atoms with E-state index in [0.717, 1.165) is 0 Å². The highest BCUT2D eigenvalue weighted by atomic mass is 16.5. The monoisotopic (exact) mass is 330 g/mol. The minimum absolute atomic E-state index is 0.282. The van der Waals surface area contributed by atoms with Crippen molar-refractivity contribution in [1.82, 2.24) is 0 Å². The third kappa shape index (κ3) is 4.10. The third-order valence-corrected chi connectivity index (χ3v) is 3.31. The van der Waals surface area contributed by atoms with Crippen LogP contribution in [0.4, 0.5) is 11.4 Å². The smallest absolute Gasteiger partial charge is 0.255 e. The van der Waals surface area contributed by atoms with Gasteiger partial charge in [-0.05, 0) is 44.2 Å². The fourth-order valence-electron chi connectivity index (χ4n) is 2.17. The first-order valence-corrected chi connectivity index (χ1v) is 7.73. The van der Waals surface area contributed by atoms with Gasteiger partial charge in [-0.15, -0.1) is 0 Å². The highest BCUT2D eigenvalue weighted by molar-refractivity contribution is 6.06. The molecule has 0 radical (unpaired) electrons. The topological polar surface area (TPSA) is 82.8 Å². The summed E-state index contributed by atoms with van der Waals surface area (Å²) in [6.45, 7) is 4.77. The highest BCUT2D eigenvalue weighted by Crippen LogP contribution is 2.29. The van der Waals surface area contributed by atoms with Gasteiger partial charge in [-0.25, -0.2) is 0 Å². The second-order valence-electron chi connectivity index (χ2n) is 4.93. The molecule has 0 spiro atoms. The number of hydrogen-bond acceptors (Lipinski definition) is 5. The van der Waals surface area contributed by atoms with Gasteiger partial charge in [0.25, 0.3) is 5.91 Å². The number of nitrogen functional groups attached to an aromatic ring is 1. The first-order chi connectivity index (χ1) is 11.6. The summed E-state index contributed by atoms with van der Waals surface area (Å²) >= 11 is 0. The minimum atomic E-state index is -0.282. The van der Waals surface area contributed by atoms with Crippen molar-refractivity contribution in [2.24, 2.45) is 0 Å². The summed E-state index contributed by atoms with van der Waals surface area (Å²) in [7, 11) is 1.56. The van der Waals surface area contributed by atoms with Gasteiger partial charge in [0.15, 0.2) is 11.5 Å². The molecule has 0 atom stereocenters. The zero-order valence-electron chi connectivity index (χ0n) is 14.1. The van der Waals surface area contributed by atoms with Gasteiger partial charge in [-0.2, -0.15) is 0 Å². The molecule has 0 heterocycles. The first-order valence-electron chi connectivity index (χ1n) is 7.73. The molecule has 1 amide bonds. The number of anilines is 2. The fourth-order valence-corrected chi connectivity index (χ4v) is 2.17. The van der Waals surface area contributed by atoms with Crippen LogP contribution in [0.5, 0.6) is 17.2 Å². The van der Waals surface area contributed by atoms with E-state index in [1.165, 1.54) is 0 Å². The molecule has 0 aliphatic heterocycles. The highest BCUT2D eigenvalue weighted by Gasteiger charge is 2.13. The molecule has 24 heavy (non-hydrogen) atoms. The average Bonchev–Trinajstić information content (AvgIpc) is 2.58. The maximum atomic E-state index is 12.5. The molecule has 0 fully saturated rings. The number of ether oxygens (including phenoxy) is 3. The Morgan fingerprint density at radius 3 is 2.38 bits per heavy atom. The van der Waals surface area contributed by atoms with E-state index in [9.17, 15) is 4.79 Å². The Kier molecular flexibility index (Phi) is 5.89. The molecule has 0 aliphatic carbocycles. The number of nitrogens with two attached hydrogens (primary N) is 1. The van der Waals surface area contributed by atoms with E-state index >= 15 is 0 Å². The lowest BCUT2D eigenvalue weighted by molar-refractivity contribution is 0.102. The molecule has 0 aromatic heterocycles. The molecule has 6 nitrogen and oxygen atoms in total. The summed E-state index contributed by atoms with van der Waals surface area (Å²) in [5.74, 6) is 1.50. The standard InChI is InChI=1S/C18H22N2O4/c1-4-23-16-9-6-12(10-17(16)24-5-2)18(21)20-15-8-7-13(22-3)11-14(15)19/h6-11H,4-5,19H2,1-3H3,(H,20,21). The number of rotatable bonds is 7. The van der Waals surface area contributed by atoms with Crippen molar-refractivity contribution < 1.29 is 19.0 Å². The maximum absolute atomic E-state index is 12.5. The lowest BCUT2D eigenvalue weighted by Gasteiger charge is -2.13. The molecular formula is C18H22N2O4. The molecule has 0 aliphatic rings. The summed E-state index contributed by atoms with van der Waals surface area (Å²) < 4.78 is 16.1. The van der Waals surface area contributed by atoms with Crippen LogP contribution in [0, 0.1) is 0 Å². The predicted molar refractivity (Wildman–Crippen MR) is 94.1 cm³/mol. The number of amides is 1. The summed E-state index contributed by atoms with van der Waals surface area (Å²) in [5.41, 5.74) is 7.33. The number of carbonyl (C=O) groups is 1. The molecular weight excluding hydrogens is 308 g/mol. The number of methoxy groups -OCH3 is 1. The van der Waals surface area contributed by atoms with Crippen molar-refractivity contribution in [3.05, 3.63) is 42.0 Å². The van der Waals surface area contributed by atoms with Crippen molar-refractivity contribution in [2.45, 2.75) is 13.8 Å². The Bertz CT molecular complexity index is 716. The molecule has 0 unspecified atom stereocenters. The Labute approximate surface area is 141 Å². The second kappa shape index (κ2) is 8.10. The zero-order chi connectivity index (χ0) is 17.5. The average molecular weight is 330 g/mol. The lowest BCUT2D eigenvalue weighted by atomic mass is 10.1. The fraction of sp³-hybridized carbons (Fsp3) is 0.278. The van der Waals surface area contributed by atoms with Crippen molar-refractivity contribution >= 4 is 17.3 Å². The Hall–Kier alpha value is -2.89. The molecule has 128 valence electrons. The van der Waals surface area contributed by atoms with E-state index in [-0.39, 0.29) is 5.91 Å². The lowest BCUT2D eigenvalue weighted by Crippen LogP contribution is -2.13. The van der Waals surface area contributed by atoms with Crippen molar-refractivity contribution in [2.75, 3.05) is 31.4 Å². The van der Waals surface area contributed by atoms with Gasteiger partial charge in [0, 0.05) is 11.6 Å². The summed E-state index contributed by atoms with van der Waals surface area (Å²) in [6.07, 6.45) is 0. The quantitative estimate of drug-likeness (QED) is 0.761. The van der Waals surface area contributed by atoms with Crippen LogP contribution >= 0.6 is 0 Å². The van der Waals surface area contributed by atoms with Crippen LogP contribution < -0.4 is 25.3 Å². The van der Waals surface area contributed by atoms with E-state index in [1.807, 2.05) is 13.8 Å². The van der Waals surface area contributed by atoms with Gasteiger partial charge in [-0.3, -0.25) is 4.79 Å². The van der Waals surface area contributed by atoms with Crippen LogP contribution in [0.1, 0.15) is 24.2 Å². The van der Waals surface area contributed by atoms with Gasteiger partial charge in [0.1, 0.15) is 5.75 Å². The van der Waals surface area contributed by atoms with Crippen LogP contribution in [0.25, 0.3) is 0 Å². The van der Waals surface area contributed by atoms with Crippen LogP contribution in [-0.4, -0.2) is 26.2 Å². The first kappa shape index (κ1) is 17.5. The third-order valence-electron chi connectivity index (χ3n) is 3.31. The summed E-state index contributed by atoms with van der Waals surface area (Å²) in [5, 5.41) is 2.78. The van der Waals surface area contributed by atoms with E-state index in [4.69, 9.17) is 19.9 Å². The predicted octanol–water partition coefficient (Wildman–Crippen LogP) is 3.33. The van der Waals surface area contributed by atoms with E-state index in [2.05, 4.69) is 5.32 Å². The Morgan fingerprint density at radius 2 is 1.75 bits per heavy atom. The second-order valence-corrected chi connectivity index (χ2v) is 4.93. The normalized spacial score (nSPS) is 10.1. The molecule has 2 rings (SSSR count). The van der Waals surface area contributed by atoms with Crippen LogP contribution in [0.15, 0.2) is 36.4 Å². The number of nitrogens with one attached hydrogen (secondary N) is 1. The van der Waals surface area contributed by atoms with Gasteiger partial charge in [0.2, 0.25) is 0 Å². The minimum Gasteiger partial charge on any atom is -0.497 e. The van der Waals surface area contributed by atoms with Crippen LogP contribution in [-0.2, 0) is 0 Å². The number of benzene rings is 2. The largest absolute Gasteiger partial charge is 0.497 e. The molecule has 2 aromatic carbocycles. The molecule has 3 N–H and O–H groups in total. The van der Waals surface area contributed by atoms with E-state index in [1.54, 1.807) is 43.5 Å². The van der Waals surface area contributed by atoms with Gasteiger partial charge >= 0.3 is 0 Å². The van der Waals surface area contributed by atoms with Crippen LogP contribution in [0.2, 0.25) is 0 Å². The Balaban J connectivity index is 2.21. The summed E-state index contributed by atoms with van der Waals surface area (Å²) in [4.78, 5) is 12.5. The van der Waals surface area contributed by atoms with Crippen molar-refractivity contribution in [1.29, 1.82) is 0 Å². The van der Waals surface area contributed by atoms with Gasteiger partial charge in [-0.1, -0.05) is 0 Å². The van der Waals surface area contributed by atoms with Crippen molar-refractivity contribution in [3.8, 4) is 17.2 Å². The Morgan fingerprint density at radius 1 is 1.04 bits per heavy atom. The van der Waals surface area contributed by atoms with Gasteiger partial charge < -0.3 is 25.3 Å². The van der Waals surface area contributed by atoms with E-state index < -0.39 is 0 Å². The maximum Gasteiger partial charge on any atom is 0.255 e. The number of hydrogen-bond donors (Lipinski definition) is 2. The molecule has 0 saturated carbocycles. The van der Waals surface area contributed by atoms with Crippen LogP contribution in [0.3, 0.4) is 0 Å². The van der Waals surface area contributed by atoms with Crippen molar-refractivity contribution in [3.63, 3.8) is 0 Å². The molecule has 6 heteroatoms. The molecule has 0 saturated heterocycles. The van der Waals surface area contributed by atoms with Gasteiger partial charge in [0.05, 0.1) is 31.7 Å². The number of carbonyl (C=O) groups excluding carboxylic acids is 1. The SMILES string of the molecule is CCOc1ccc(C(=O)Nc2ccc(OC)cc2N)cc1OCC. The van der Waals surface area contributed by atoms with E-state index in [0.29, 0.717) is 47.4 Å². The molecule has 0 bridgehead atoms. The molecule has 2 aromatic rings.